The summed E-state index contributed by atoms with van der Waals surface area (Å²) in [5, 5.41) is 2.98. The van der Waals surface area contributed by atoms with Gasteiger partial charge in [-0.15, -0.1) is 0 Å². The Morgan fingerprint density at radius 1 is 1.29 bits per heavy atom. The summed E-state index contributed by atoms with van der Waals surface area (Å²) < 4.78 is 5.40. The first-order valence-corrected chi connectivity index (χ1v) is 8.60. The molecule has 1 saturated heterocycles. The largest absolute Gasteiger partial charge is 0.444 e. The summed E-state index contributed by atoms with van der Waals surface area (Å²) >= 11 is 0. The molecule has 2 atom stereocenters. The van der Waals surface area contributed by atoms with Crippen molar-refractivity contribution in [1.82, 2.24) is 10.2 Å². The summed E-state index contributed by atoms with van der Waals surface area (Å²) in [6.45, 7) is 8.70. The normalized spacial score (nSPS) is 19.0. The van der Waals surface area contributed by atoms with Gasteiger partial charge in [-0.05, 0) is 45.1 Å². The summed E-state index contributed by atoms with van der Waals surface area (Å²) in [6.07, 6.45) is 1.10. The molecule has 132 valence electrons. The predicted octanol–water partition coefficient (Wildman–Crippen LogP) is 3.31. The second-order valence-corrected chi connectivity index (χ2v) is 7.39. The van der Waals surface area contributed by atoms with Gasteiger partial charge in [-0.3, -0.25) is 9.69 Å². The maximum Gasteiger partial charge on any atom is 0.410 e. The summed E-state index contributed by atoms with van der Waals surface area (Å²) in [5.74, 6) is 0.132. The molecule has 24 heavy (non-hydrogen) atoms. The molecule has 0 aromatic heterocycles. The first-order valence-electron chi connectivity index (χ1n) is 8.60. The summed E-state index contributed by atoms with van der Waals surface area (Å²) in [5.41, 5.74) is 0.635. The first kappa shape index (κ1) is 18.3. The van der Waals surface area contributed by atoms with Gasteiger partial charge in [-0.25, -0.2) is 4.79 Å². The zero-order valence-electron chi connectivity index (χ0n) is 15.0. The molecule has 5 nitrogen and oxygen atoms in total. The number of rotatable bonds is 4. The van der Waals surface area contributed by atoms with Gasteiger partial charge in [0.05, 0.1) is 0 Å². The van der Waals surface area contributed by atoms with E-state index in [0.29, 0.717) is 19.5 Å². The molecule has 0 spiro atoms. The molecular weight excluding hydrogens is 304 g/mol. The Morgan fingerprint density at radius 2 is 1.96 bits per heavy atom. The molecule has 1 fully saturated rings. The Morgan fingerprint density at radius 3 is 2.58 bits per heavy atom. The van der Waals surface area contributed by atoms with Gasteiger partial charge >= 0.3 is 6.09 Å². The van der Waals surface area contributed by atoms with Crippen molar-refractivity contribution in [2.24, 2.45) is 0 Å². The second-order valence-electron chi connectivity index (χ2n) is 7.39. The minimum Gasteiger partial charge on any atom is -0.444 e. The fraction of sp³-hybridized carbons (Fsp3) is 0.579. The van der Waals surface area contributed by atoms with Crippen LogP contribution >= 0.6 is 0 Å². The van der Waals surface area contributed by atoms with E-state index in [4.69, 9.17) is 4.74 Å². The van der Waals surface area contributed by atoms with Gasteiger partial charge in [0.15, 0.2) is 0 Å². The summed E-state index contributed by atoms with van der Waals surface area (Å²) in [6, 6.07) is 9.65. The number of carbonyl (C=O) groups excluding carboxylic acids is 2. The van der Waals surface area contributed by atoms with Gasteiger partial charge < -0.3 is 10.1 Å². The molecule has 1 aromatic carbocycles. The third kappa shape index (κ3) is 4.98. The van der Waals surface area contributed by atoms with Crippen LogP contribution in [0.3, 0.4) is 0 Å². The number of hydrogen-bond donors (Lipinski definition) is 1. The van der Waals surface area contributed by atoms with Crippen LogP contribution in [0.5, 0.6) is 0 Å². The second kappa shape index (κ2) is 7.69. The van der Waals surface area contributed by atoms with E-state index in [2.05, 4.69) is 24.4 Å². The molecule has 0 bridgehead atoms. The lowest BCUT2D eigenvalue weighted by molar-refractivity contribution is -0.125. The van der Waals surface area contributed by atoms with Crippen LogP contribution in [0.25, 0.3) is 0 Å². The van der Waals surface area contributed by atoms with Crippen molar-refractivity contribution >= 4 is 12.0 Å². The Bertz CT molecular complexity index is 566. The lowest BCUT2D eigenvalue weighted by atomic mass is 10.0. The number of hydrogen-bond acceptors (Lipinski definition) is 3. The summed E-state index contributed by atoms with van der Waals surface area (Å²) in [4.78, 5) is 26.3. The van der Waals surface area contributed by atoms with E-state index < -0.39 is 17.7 Å². The zero-order chi connectivity index (χ0) is 17.7. The number of carbonyl (C=O) groups is 2. The smallest absolute Gasteiger partial charge is 0.410 e. The summed E-state index contributed by atoms with van der Waals surface area (Å²) in [7, 11) is 0. The maximum absolute atomic E-state index is 12.5. The topological polar surface area (TPSA) is 58.6 Å². The molecule has 1 aliphatic heterocycles. The lowest BCUT2D eigenvalue weighted by Gasteiger charge is -2.28. The number of amides is 2. The van der Waals surface area contributed by atoms with Crippen LogP contribution in [0.1, 0.15) is 52.0 Å². The molecule has 0 saturated carbocycles. The standard InChI is InChI=1S/C19H28N2O3/c1-14(15-9-6-5-7-10-15)13-20-17(22)16-11-8-12-21(16)18(23)24-19(2,3)4/h5-7,9-10,14,16H,8,11-13H2,1-4H3,(H,20,22). The van der Waals surface area contributed by atoms with Crippen LogP contribution in [-0.4, -0.2) is 41.6 Å². The van der Waals surface area contributed by atoms with Gasteiger partial charge in [0.25, 0.3) is 0 Å². The molecular formula is C19H28N2O3. The quantitative estimate of drug-likeness (QED) is 0.920. The Hall–Kier alpha value is -2.04. The molecule has 0 radical (unpaired) electrons. The number of ether oxygens (including phenoxy) is 1. The van der Waals surface area contributed by atoms with Crippen LogP contribution in [-0.2, 0) is 9.53 Å². The molecule has 5 heteroatoms. The molecule has 1 N–H and O–H groups in total. The van der Waals surface area contributed by atoms with E-state index in [1.54, 1.807) is 4.90 Å². The SMILES string of the molecule is CC(CNC(=O)C1CCCN1C(=O)OC(C)(C)C)c1ccccc1. The van der Waals surface area contributed by atoms with Crippen LogP contribution < -0.4 is 5.32 Å². The zero-order valence-corrected chi connectivity index (χ0v) is 15.0. The van der Waals surface area contributed by atoms with E-state index in [9.17, 15) is 9.59 Å². The molecule has 1 aromatic rings. The Balaban J connectivity index is 1.90. The number of likely N-dealkylation sites (tertiary alicyclic amines) is 1. The van der Waals surface area contributed by atoms with Crippen molar-refractivity contribution in [1.29, 1.82) is 0 Å². The highest BCUT2D eigenvalue weighted by atomic mass is 16.6. The van der Waals surface area contributed by atoms with Crippen molar-refractivity contribution < 1.29 is 14.3 Å². The highest BCUT2D eigenvalue weighted by molar-refractivity contribution is 5.86. The van der Waals surface area contributed by atoms with Crippen molar-refractivity contribution in [3.05, 3.63) is 35.9 Å². The maximum atomic E-state index is 12.5. The van der Waals surface area contributed by atoms with Crippen molar-refractivity contribution in [3.8, 4) is 0 Å². The fourth-order valence-corrected chi connectivity index (χ4v) is 2.85. The highest BCUT2D eigenvalue weighted by Gasteiger charge is 2.36. The van der Waals surface area contributed by atoms with Gasteiger partial charge in [0.2, 0.25) is 5.91 Å². The van der Waals surface area contributed by atoms with Crippen molar-refractivity contribution in [3.63, 3.8) is 0 Å². The molecule has 1 heterocycles. The van der Waals surface area contributed by atoms with E-state index >= 15 is 0 Å². The molecule has 2 unspecified atom stereocenters. The average Bonchev–Trinajstić information content (AvgIpc) is 3.01. The van der Waals surface area contributed by atoms with Crippen molar-refractivity contribution in [2.75, 3.05) is 13.1 Å². The fourth-order valence-electron chi connectivity index (χ4n) is 2.85. The number of nitrogens with one attached hydrogen (secondary N) is 1. The molecule has 2 amide bonds. The monoisotopic (exact) mass is 332 g/mol. The van der Waals surface area contributed by atoms with E-state index in [-0.39, 0.29) is 11.8 Å². The molecule has 0 aliphatic carbocycles. The number of benzene rings is 1. The highest BCUT2D eigenvalue weighted by Crippen LogP contribution is 2.21. The van der Waals surface area contributed by atoms with Crippen LogP contribution in [0.2, 0.25) is 0 Å². The van der Waals surface area contributed by atoms with Gasteiger partial charge in [-0.1, -0.05) is 37.3 Å². The van der Waals surface area contributed by atoms with Crippen LogP contribution in [0.15, 0.2) is 30.3 Å². The van der Waals surface area contributed by atoms with Crippen LogP contribution in [0, 0.1) is 0 Å². The minimum absolute atomic E-state index is 0.0962. The van der Waals surface area contributed by atoms with Crippen molar-refractivity contribution in [2.45, 2.75) is 58.1 Å². The molecule has 1 aliphatic rings. The predicted molar refractivity (Wildman–Crippen MR) is 93.8 cm³/mol. The van der Waals surface area contributed by atoms with E-state index in [1.165, 1.54) is 5.56 Å². The number of nitrogens with zero attached hydrogens (tertiary/aromatic N) is 1. The third-order valence-electron chi connectivity index (χ3n) is 4.13. The van der Waals surface area contributed by atoms with Gasteiger partial charge in [0, 0.05) is 13.1 Å². The Labute approximate surface area is 144 Å². The minimum atomic E-state index is -0.553. The van der Waals surface area contributed by atoms with Gasteiger partial charge in [0.1, 0.15) is 11.6 Å². The lowest BCUT2D eigenvalue weighted by Crippen LogP contribution is -2.48. The Kier molecular flexibility index (Phi) is 5.86. The van der Waals surface area contributed by atoms with Gasteiger partial charge in [-0.2, -0.15) is 0 Å². The first-order chi connectivity index (χ1) is 11.3. The van der Waals surface area contributed by atoms with Crippen LogP contribution in [0.4, 0.5) is 4.79 Å². The average molecular weight is 332 g/mol. The molecule has 2 rings (SSSR count). The van der Waals surface area contributed by atoms with E-state index in [0.717, 1.165) is 6.42 Å². The third-order valence-corrected chi connectivity index (χ3v) is 4.13. The van der Waals surface area contributed by atoms with E-state index in [1.807, 2.05) is 39.0 Å².